The lowest BCUT2D eigenvalue weighted by Crippen LogP contribution is -2.50. The van der Waals surface area contributed by atoms with Crippen molar-refractivity contribution >= 4 is 11.5 Å². The second-order valence-electron chi connectivity index (χ2n) is 7.46. The van der Waals surface area contributed by atoms with Gasteiger partial charge in [-0.25, -0.2) is 9.97 Å². The van der Waals surface area contributed by atoms with Crippen LogP contribution in [0.3, 0.4) is 0 Å². The van der Waals surface area contributed by atoms with E-state index in [1.54, 1.807) is 6.07 Å². The van der Waals surface area contributed by atoms with Crippen molar-refractivity contribution in [2.75, 3.05) is 31.1 Å². The number of piperazine rings is 1. The summed E-state index contributed by atoms with van der Waals surface area (Å²) in [6.07, 6.45) is 5.40. The molecular weight excluding hydrogens is 342 g/mol. The molecule has 27 heavy (non-hydrogen) atoms. The Bertz CT molecular complexity index is 827. The number of nitro groups is 1. The molecule has 1 aromatic heterocycles. The molecular formula is C20H25N5O2. The summed E-state index contributed by atoms with van der Waals surface area (Å²) in [7, 11) is 0. The average molecular weight is 367 g/mol. The third-order valence-corrected chi connectivity index (χ3v) is 5.64. The zero-order valence-electron chi connectivity index (χ0n) is 15.7. The smallest absolute Gasteiger partial charge is 0.270 e. The minimum Gasteiger partial charge on any atom is -0.354 e. The van der Waals surface area contributed by atoms with Crippen LogP contribution in [0.1, 0.15) is 31.4 Å². The van der Waals surface area contributed by atoms with E-state index in [0.717, 1.165) is 43.7 Å². The van der Waals surface area contributed by atoms with Gasteiger partial charge in [0.1, 0.15) is 5.82 Å². The lowest BCUT2D eigenvalue weighted by molar-refractivity contribution is -0.384. The maximum absolute atomic E-state index is 11.1. The monoisotopic (exact) mass is 367 g/mol. The molecule has 142 valence electrons. The van der Waals surface area contributed by atoms with E-state index in [9.17, 15) is 10.1 Å². The molecule has 2 aliphatic rings. The van der Waals surface area contributed by atoms with Crippen molar-refractivity contribution in [3.8, 4) is 11.4 Å². The fourth-order valence-electron chi connectivity index (χ4n) is 4.19. The first-order chi connectivity index (χ1) is 13.1. The summed E-state index contributed by atoms with van der Waals surface area (Å²) >= 11 is 0. The Morgan fingerprint density at radius 3 is 2.52 bits per heavy atom. The van der Waals surface area contributed by atoms with E-state index < -0.39 is 0 Å². The van der Waals surface area contributed by atoms with Crippen molar-refractivity contribution < 1.29 is 4.92 Å². The molecule has 0 bridgehead atoms. The molecule has 7 heteroatoms. The first-order valence-electron chi connectivity index (χ1n) is 9.70. The Labute approximate surface area is 159 Å². The zero-order valence-corrected chi connectivity index (χ0v) is 15.7. The molecule has 0 N–H and O–H groups in total. The summed E-state index contributed by atoms with van der Waals surface area (Å²) in [6, 6.07) is 9.30. The molecule has 1 aliphatic carbocycles. The van der Waals surface area contributed by atoms with Crippen LogP contribution in [-0.4, -0.2) is 52.0 Å². The molecule has 1 saturated heterocycles. The van der Waals surface area contributed by atoms with Crippen molar-refractivity contribution in [3.05, 3.63) is 46.1 Å². The van der Waals surface area contributed by atoms with Gasteiger partial charge in [-0.15, -0.1) is 0 Å². The van der Waals surface area contributed by atoms with Crippen LogP contribution in [0.2, 0.25) is 0 Å². The van der Waals surface area contributed by atoms with Crippen LogP contribution in [0.5, 0.6) is 0 Å². The van der Waals surface area contributed by atoms with Crippen molar-refractivity contribution in [3.63, 3.8) is 0 Å². The Hall–Kier alpha value is -2.54. The summed E-state index contributed by atoms with van der Waals surface area (Å²) in [5.74, 6) is 1.46. The normalized spacial score (nSPS) is 18.8. The molecule has 0 spiro atoms. The summed E-state index contributed by atoms with van der Waals surface area (Å²) < 4.78 is 0. The van der Waals surface area contributed by atoms with Crippen LogP contribution in [0, 0.1) is 17.0 Å². The Kier molecular flexibility index (Phi) is 5.03. The van der Waals surface area contributed by atoms with E-state index in [1.165, 1.54) is 37.8 Å². The molecule has 2 aromatic rings. The predicted octanol–water partition coefficient (Wildman–Crippen LogP) is 3.42. The molecule has 1 aliphatic heterocycles. The number of nitrogens with zero attached hydrogens (tertiary/aromatic N) is 5. The highest BCUT2D eigenvalue weighted by atomic mass is 16.6. The van der Waals surface area contributed by atoms with Crippen LogP contribution < -0.4 is 4.90 Å². The van der Waals surface area contributed by atoms with Gasteiger partial charge in [0.05, 0.1) is 4.92 Å². The minimum atomic E-state index is -0.386. The van der Waals surface area contributed by atoms with Gasteiger partial charge in [0, 0.05) is 61.7 Å². The number of nitro benzene ring substituents is 1. The molecule has 0 atom stereocenters. The fraction of sp³-hybridized carbons (Fsp3) is 0.500. The standard InChI is InChI=1S/C20H25N5O2/c1-15-13-19(24-11-9-23(10-12-24)17-6-2-3-7-17)22-20(21-15)16-5-4-8-18(14-16)25(26)27/h4-5,8,13-14,17H,2-3,6-7,9-12H2,1H3. The molecule has 1 saturated carbocycles. The number of hydrogen-bond acceptors (Lipinski definition) is 6. The summed E-state index contributed by atoms with van der Waals surface area (Å²) in [5.41, 5.74) is 1.61. The predicted molar refractivity (Wildman–Crippen MR) is 105 cm³/mol. The van der Waals surface area contributed by atoms with E-state index in [1.807, 2.05) is 19.1 Å². The van der Waals surface area contributed by atoms with E-state index in [2.05, 4.69) is 14.8 Å². The summed E-state index contributed by atoms with van der Waals surface area (Å²) in [6.45, 7) is 6.00. The van der Waals surface area contributed by atoms with Gasteiger partial charge in [0.25, 0.3) is 5.69 Å². The van der Waals surface area contributed by atoms with Crippen LogP contribution in [0.25, 0.3) is 11.4 Å². The fourth-order valence-corrected chi connectivity index (χ4v) is 4.19. The number of aromatic nitrogens is 2. The lowest BCUT2D eigenvalue weighted by atomic mass is 10.1. The van der Waals surface area contributed by atoms with Crippen LogP contribution in [0.15, 0.2) is 30.3 Å². The SMILES string of the molecule is Cc1cc(N2CCN(C3CCCC3)CC2)nc(-c2cccc([N+](=O)[O-])c2)n1. The third kappa shape index (κ3) is 3.93. The average Bonchev–Trinajstić information content (AvgIpc) is 3.22. The Morgan fingerprint density at radius 2 is 1.81 bits per heavy atom. The topological polar surface area (TPSA) is 75.4 Å². The number of non-ortho nitro benzene ring substituents is 1. The number of aryl methyl sites for hydroxylation is 1. The number of benzene rings is 1. The maximum atomic E-state index is 11.1. The Morgan fingerprint density at radius 1 is 1.07 bits per heavy atom. The second-order valence-corrected chi connectivity index (χ2v) is 7.46. The van der Waals surface area contributed by atoms with Gasteiger partial charge in [-0.1, -0.05) is 25.0 Å². The van der Waals surface area contributed by atoms with E-state index in [4.69, 9.17) is 4.98 Å². The highest BCUT2D eigenvalue weighted by Crippen LogP contribution is 2.27. The first-order valence-corrected chi connectivity index (χ1v) is 9.70. The molecule has 2 heterocycles. The van der Waals surface area contributed by atoms with Gasteiger partial charge in [0.2, 0.25) is 0 Å². The van der Waals surface area contributed by atoms with E-state index >= 15 is 0 Å². The lowest BCUT2D eigenvalue weighted by Gasteiger charge is -2.38. The minimum absolute atomic E-state index is 0.0596. The molecule has 7 nitrogen and oxygen atoms in total. The van der Waals surface area contributed by atoms with Crippen LogP contribution in [0.4, 0.5) is 11.5 Å². The quantitative estimate of drug-likeness (QED) is 0.609. The van der Waals surface area contributed by atoms with Crippen molar-refractivity contribution in [1.29, 1.82) is 0 Å². The summed E-state index contributed by atoms with van der Waals surface area (Å²) in [5, 5.41) is 11.1. The van der Waals surface area contributed by atoms with Gasteiger partial charge in [0.15, 0.2) is 5.82 Å². The highest BCUT2D eigenvalue weighted by Gasteiger charge is 2.26. The van der Waals surface area contributed by atoms with Gasteiger partial charge >= 0.3 is 0 Å². The molecule has 1 aromatic carbocycles. The largest absolute Gasteiger partial charge is 0.354 e. The highest BCUT2D eigenvalue weighted by molar-refractivity contribution is 5.61. The van der Waals surface area contributed by atoms with Crippen LogP contribution >= 0.6 is 0 Å². The first kappa shape index (κ1) is 17.9. The van der Waals surface area contributed by atoms with Crippen molar-refractivity contribution in [1.82, 2.24) is 14.9 Å². The van der Waals surface area contributed by atoms with Crippen molar-refractivity contribution in [2.24, 2.45) is 0 Å². The van der Waals surface area contributed by atoms with E-state index in [-0.39, 0.29) is 10.6 Å². The Balaban J connectivity index is 1.53. The van der Waals surface area contributed by atoms with E-state index in [0.29, 0.717) is 11.4 Å². The van der Waals surface area contributed by atoms with Gasteiger partial charge in [-0.2, -0.15) is 0 Å². The molecule has 0 radical (unpaired) electrons. The number of anilines is 1. The zero-order chi connectivity index (χ0) is 18.8. The molecule has 0 unspecified atom stereocenters. The van der Waals surface area contributed by atoms with Gasteiger partial charge < -0.3 is 4.90 Å². The maximum Gasteiger partial charge on any atom is 0.270 e. The molecule has 4 rings (SSSR count). The van der Waals surface area contributed by atoms with Gasteiger partial charge in [-0.05, 0) is 19.8 Å². The molecule has 0 amide bonds. The molecule has 2 fully saturated rings. The van der Waals surface area contributed by atoms with Crippen molar-refractivity contribution in [2.45, 2.75) is 38.6 Å². The summed E-state index contributed by atoms with van der Waals surface area (Å²) in [4.78, 5) is 24.8. The second kappa shape index (κ2) is 7.60. The van der Waals surface area contributed by atoms with Gasteiger partial charge in [-0.3, -0.25) is 15.0 Å². The van der Waals surface area contributed by atoms with Crippen LogP contribution in [-0.2, 0) is 0 Å². The third-order valence-electron chi connectivity index (χ3n) is 5.64. The number of hydrogen-bond donors (Lipinski definition) is 0. The number of rotatable bonds is 4.